The van der Waals surface area contributed by atoms with Gasteiger partial charge in [-0.05, 0) is 35.7 Å². The second-order valence-electron chi connectivity index (χ2n) is 7.35. The summed E-state index contributed by atoms with van der Waals surface area (Å²) in [5, 5.41) is 8.13. The van der Waals surface area contributed by atoms with E-state index in [4.69, 9.17) is 4.52 Å². The minimum absolute atomic E-state index is 0.0819. The highest BCUT2D eigenvalue weighted by Crippen LogP contribution is 2.24. The van der Waals surface area contributed by atoms with Gasteiger partial charge in [0.05, 0.1) is 22.6 Å². The molecule has 1 aliphatic heterocycles. The molecule has 0 radical (unpaired) electrons. The van der Waals surface area contributed by atoms with Crippen molar-refractivity contribution in [1.82, 2.24) is 24.9 Å². The molecule has 0 unspecified atom stereocenters. The number of hydrogen-bond acceptors (Lipinski definition) is 9. The van der Waals surface area contributed by atoms with Crippen LogP contribution in [0.4, 0.5) is 0 Å². The van der Waals surface area contributed by atoms with E-state index in [0.717, 1.165) is 39.9 Å². The van der Waals surface area contributed by atoms with Crippen molar-refractivity contribution in [2.45, 2.75) is 17.2 Å². The van der Waals surface area contributed by atoms with Gasteiger partial charge in [0.1, 0.15) is 0 Å². The largest absolute Gasteiger partial charge is 0.338 e. The fraction of sp³-hybridized carbons (Fsp3) is 0.273. The maximum atomic E-state index is 12.9. The zero-order chi connectivity index (χ0) is 21.8. The summed E-state index contributed by atoms with van der Waals surface area (Å²) in [4.78, 5) is 28.0. The Bertz CT molecular complexity index is 1130. The number of thioether (sulfide) groups is 1. The molecule has 4 aromatic rings. The van der Waals surface area contributed by atoms with Gasteiger partial charge in [-0.25, -0.2) is 4.98 Å². The van der Waals surface area contributed by atoms with E-state index in [1.54, 1.807) is 34.4 Å². The predicted molar refractivity (Wildman–Crippen MR) is 127 cm³/mol. The molecule has 1 saturated heterocycles. The van der Waals surface area contributed by atoms with Crippen molar-refractivity contribution in [1.29, 1.82) is 0 Å². The minimum atomic E-state index is 0.0819. The molecule has 0 N–H and O–H groups in total. The summed E-state index contributed by atoms with van der Waals surface area (Å²) >= 11 is 4.93. The summed E-state index contributed by atoms with van der Waals surface area (Å²) in [6.07, 6.45) is 0. The monoisotopic (exact) mass is 483 g/mol. The standard InChI is InChI=1S/C22H21N5O2S3/c28-22(16-3-5-18(6-4-16)32-14-17-13-30-15-23-17)27-9-7-26(8-10-27)12-20-24-21(25-29-20)19-2-1-11-31-19/h1-6,11,13,15H,7-10,12,14H2. The average molecular weight is 484 g/mol. The Balaban J connectivity index is 1.11. The molecular formula is C22H21N5O2S3. The van der Waals surface area contributed by atoms with Crippen molar-refractivity contribution in [3.05, 3.63) is 69.8 Å². The second-order valence-corrected chi connectivity index (χ2v) is 10.1. The van der Waals surface area contributed by atoms with Gasteiger partial charge in [-0.2, -0.15) is 4.98 Å². The number of hydrogen-bond donors (Lipinski definition) is 0. The van der Waals surface area contributed by atoms with E-state index in [0.29, 0.717) is 31.3 Å². The molecule has 1 amide bonds. The fourth-order valence-electron chi connectivity index (χ4n) is 3.47. The lowest BCUT2D eigenvalue weighted by molar-refractivity contribution is 0.0615. The highest BCUT2D eigenvalue weighted by Gasteiger charge is 2.23. The lowest BCUT2D eigenvalue weighted by Gasteiger charge is -2.34. The van der Waals surface area contributed by atoms with Crippen LogP contribution in [-0.4, -0.2) is 57.0 Å². The maximum Gasteiger partial charge on any atom is 0.253 e. The van der Waals surface area contributed by atoms with Crippen LogP contribution in [0.2, 0.25) is 0 Å². The molecule has 4 heterocycles. The van der Waals surface area contributed by atoms with Crippen LogP contribution in [0.15, 0.2) is 62.1 Å². The van der Waals surface area contributed by atoms with Crippen molar-refractivity contribution in [2.75, 3.05) is 26.2 Å². The topological polar surface area (TPSA) is 75.4 Å². The van der Waals surface area contributed by atoms with E-state index in [1.165, 1.54) is 0 Å². The molecule has 1 aliphatic rings. The Morgan fingerprint density at radius 3 is 2.69 bits per heavy atom. The summed E-state index contributed by atoms with van der Waals surface area (Å²) in [5.74, 6) is 2.17. The first-order chi connectivity index (χ1) is 15.7. The fourth-order valence-corrected chi connectivity index (χ4v) is 5.58. The van der Waals surface area contributed by atoms with E-state index in [-0.39, 0.29) is 5.91 Å². The molecule has 32 heavy (non-hydrogen) atoms. The van der Waals surface area contributed by atoms with Crippen LogP contribution >= 0.6 is 34.4 Å². The molecule has 164 valence electrons. The normalized spacial score (nSPS) is 14.7. The van der Waals surface area contributed by atoms with Crippen LogP contribution in [0.3, 0.4) is 0 Å². The number of thiophene rings is 1. The smallest absolute Gasteiger partial charge is 0.253 e. The molecule has 5 rings (SSSR count). The predicted octanol–water partition coefficient (Wildman–Crippen LogP) is 4.50. The van der Waals surface area contributed by atoms with Gasteiger partial charge >= 0.3 is 0 Å². The van der Waals surface area contributed by atoms with Crippen molar-refractivity contribution in [3.8, 4) is 10.7 Å². The van der Waals surface area contributed by atoms with Gasteiger partial charge in [-0.15, -0.1) is 34.4 Å². The summed E-state index contributed by atoms with van der Waals surface area (Å²) in [6.45, 7) is 3.54. The molecule has 1 fully saturated rings. The Morgan fingerprint density at radius 1 is 1.12 bits per heavy atom. The summed E-state index contributed by atoms with van der Waals surface area (Å²) < 4.78 is 5.41. The van der Waals surface area contributed by atoms with Crippen LogP contribution in [0.1, 0.15) is 21.9 Å². The zero-order valence-electron chi connectivity index (χ0n) is 17.2. The molecule has 0 spiro atoms. The number of rotatable bonds is 7. The average Bonchev–Trinajstić information content (AvgIpc) is 3.61. The van der Waals surface area contributed by atoms with E-state index >= 15 is 0 Å². The molecule has 0 saturated carbocycles. The lowest BCUT2D eigenvalue weighted by atomic mass is 10.2. The third-order valence-corrected chi connectivity index (χ3v) is 7.75. The molecule has 7 nitrogen and oxygen atoms in total. The van der Waals surface area contributed by atoms with Crippen molar-refractivity contribution in [2.24, 2.45) is 0 Å². The van der Waals surface area contributed by atoms with Crippen LogP contribution in [0.25, 0.3) is 10.7 Å². The van der Waals surface area contributed by atoms with Crippen molar-refractivity contribution >= 4 is 40.3 Å². The number of thiazole rings is 1. The van der Waals surface area contributed by atoms with E-state index < -0.39 is 0 Å². The van der Waals surface area contributed by atoms with Gasteiger partial charge in [0.25, 0.3) is 5.91 Å². The van der Waals surface area contributed by atoms with Gasteiger partial charge in [-0.1, -0.05) is 11.2 Å². The SMILES string of the molecule is O=C(c1ccc(SCc2cscn2)cc1)N1CCN(Cc2nc(-c3cccs3)no2)CC1. The molecule has 0 aliphatic carbocycles. The van der Waals surface area contributed by atoms with Crippen LogP contribution in [-0.2, 0) is 12.3 Å². The number of carbonyl (C=O) groups excluding carboxylic acids is 1. The zero-order valence-corrected chi connectivity index (χ0v) is 19.7. The van der Waals surface area contributed by atoms with E-state index in [9.17, 15) is 4.79 Å². The number of carbonyl (C=O) groups is 1. The van der Waals surface area contributed by atoms with Gasteiger partial charge in [-0.3, -0.25) is 9.69 Å². The van der Waals surface area contributed by atoms with Crippen molar-refractivity contribution in [3.63, 3.8) is 0 Å². The second kappa shape index (κ2) is 9.95. The summed E-state index contributed by atoms with van der Waals surface area (Å²) in [7, 11) is 0. The van der Waals surface area contributed by atoms with Gasteiger partial charge in [0, 0.05) is 47.8 Å². The molecule has 0 atom stereocenters. The molecule has 10 heteroatoms. The van der Waals surface area contributed by atoms with Crippen LogP contribution in [0, 0.1) is 0 Å². The summed E-state index contributed by atoms with van der Waals surface area (Å²) in [6, 6.07) is 11.8. The Hall–Kier alpha value is -2.53. The van der Waals surface area contributed by atoms with Crippen LogP contribution in [0.5, 0.6) is 0 Å². The quantitative estimate of drug-likeness (QED) is 0.358. The van der Waals surface area contributed by atoms with Gasteiger partial charge < -0.3 is 9.42 Å². The number of benzene rings is 1. The molecule has 1 aromatic carbocycles. The highest BCUT2D eigenvalue weighted by atomic mass is 32.2. The molecule has 0 bridgehead atoms. The maximum absolute atomic E-state index is 12.9. The Kier molecular flexibility index (Phi) is 6.63. The third kappa shape index (κ3) is 5.09. The van der Waals surface area contributed by atoms with Crippen LogP contribution < -0.4 is 0 Å². The lowest BCUT2D eigenvalue weighted by Crippen LogP contribution is -2.48. The Morgan fingerprint density at radius 2 is 1.97 bits per heavy atom. The van der Waals surface area contributed by atoms with E-state index in [2.05, 4.69) is 25.4 Å². The van der Waals surface area contributed by atoms with Gasteiger partial charge in [0.2, 0.25) is 11.7 Å². The Labute approximate surface area is 198 Å². The number of nitrogens with zero attached hydrogens (tertiary/aromatic N) is 5. The number of aromatic nitrogens is 3. The first-order valence-electron chi connectivity index (χ1n) is 10.2. The third-order valence-electron chi connectivity index (χ3n) is 5.20. The minimum Gasteiger partial charge on any atom is -0.338 e. The highest BCUT2D eigenvalue weighted by molar-refractivity contribution is 7.98. The number of piperazine rings is 1. The first-order valence-corrected chi connectivity index (χ1v) is 13.0. The number of amides is 1. The first kappa shape index (κ1) is 21.3. The molecular weight excluding hydrogens is 462 g/mol. The summed E-state index contributed by atoms with van der Waals surface area (Å²) in [5.41, 5.74) is 3.66. The molecule has 3 aromatic heterocycles. The van der Waals surface area contributed by atoms with Crippen molar-refractivity contribution < 1.29 is 9.32 Å². The van der Waals surface area contributed by atoms with E-state index in [1.807, 2.05) is 52.2 Å². The van der Waals surface area contributed by atoms with Gasteiger partial charge in [0.15, 0.2) is 0 Å².